The number of aryl methyl sites for hydroxylation is 1. The van der Waals surface area contributed by atoms with Crippen molar-refractivity contribution in [2.24, 2.45) is 4.99 Å². The molecule has 2 heterocycles. The number of ether oxygens (including phenoxy) is 1. The molecule has 46 heavy (non-hydrogen) atoms. The van der Waals surface area contributed by atoms with Gasteiger partial charge in [0.2, 0.25) is 11.0 Å². The predicted molar refractivity (Wildman–Crippen MR) is 176 cm³/mol. The average molecular weight is 666 g/mol. The first kappa shape index (κ1) is 31.7. The number of amides is 1. The van der Waals surface area contributed by atoms with Crippen molar-refractivity contribution in [3.05, 3.63) is 89.7 Å². The summed E-state index contributed by atoms with van der Waals surface area (Å²) < 4.78 is 42.8. The molecule has 0 bridgehead atoms. The van der Waals surface area contributed by atoms with Crippen LogP contribution >= 0.6 is 24.0 Å². The summed E-state index contributed by atoms with van der Waals surface area (Å²) in [5.41, 5.74) is 12.0. The number of hydrogen-bond donors (Lipinski definition) is 2. The average Bonchev–Trinajstić information content (AvgIpc) is 3.68. The first-order chi connectivity index (χ1) is 22.2. The lowest BCUT2D eigenvalue weighted by Gasteiger charge is -2.25. The van der Waals surface area contributed by atoms with Gasteiger partial charge in [-0.15, -0.1) is 18.3 Å². The molecule has 6 rings (SSSR count). The summed E-state index contributed by atoms with van der Waals surface area (Å²) in [6, 6.07) is 19.1. The van der Waals surface area contributed by atoms with Gasteiger partial charge in [0.25, 0.3) is 0 Å². The number of nitrogens with one attached hydrogen (secondary N) is 2. The van der Waals surface area contributed by atoms with E-state index in [0.29, 0.717) is 22.4 Å². The topological polar surface area (TPSA) is 96.7 Å². The molecule has 14 heteroatoms. The maximum Gasteiger partial charge on any atom is 0.573 e. The van der Waals surface area contributed by atoms with E-state index in [1.165, 1.54) is 58.2 Å². The van der Waals surface area contributed by atoms with Gasteiger partial charge in [0, 0.05) is 5.56 Å². The van der Waals surface area contributed by atoms with Crippen molar-refractivity contribution in [1.29, 1.82) is 0 Å². The molecular weight excluding hydrogens is 636 g/mol. The number of halogens is 3. The first-order valence-corrected chi connectivity index (χ1v) is 16.2. The largest absolute Gasteiger partial charge is 0.573 e. The van der Waals surface area contributed by atoms with Crippen molar-refractivity contribution in [2.75, 3.05) is 10.7 Å². The van der Waals surface area contributed by atoms with Crippen LogP contribution < -0.4 is 20.5 Å². The summed E-state index contributed by atoms with van der Waals surface area (Å²) in [5.74, 6) is 0.469. The van der Waals surface area contributed by atoms with Crippen LogP contribution in [0.5, 0.6) is 5.75 Å². The molecule has 9 nitrogen and oxygen atoms in total. The highest BCUT2D eigenvalue weighted by molar-refractivity contribution is 8.15. The van der Waals surface area contributed by atoms with Gasteiger partial charge in [-0.2, -0.15) is 4.99 Å². The Hall–Kier alpha value is -4.27. The van der Waals surface area contributed by atoms with Crippen LogP contribution in [-0.2, 0) is 17.6 Å². The second-order valence-corrected chi connectivity index (χ2v) is 12.1. The van der Waals surface area contributed by atoms with E-state index in [2.05, 4.69) is 36.7 Å². The minimum absolute atomic E-state index is 0.00207. The number of carbonyl (C=O) groups is 1. The Morgan fingerprint density at radius 1 is 1.09 bits per heavy atom. The molecule has 2 aliphatic rings. The number of anilines is 1. The number of benzene rings is 3. The molecule has 1 saturated heterocycles. The van der Waals surface area contributed by atoms with Crippen molar-refractivity contribution in [2.45, 2.75) is 51.4 Å². The molecule has 1 aromatic heterocycles. The van der Waals surface area contributed by atoms with Gasteiger partial charge in [0.05, 0.1) is 23.2 Å². The second-order valence-electron chi connectivity index (χ2n) is 10.7. The Kier molecular flexibility index (Phi) is 9.38. The predicted octanol–water partition coefficient (Wildman–Crippen LogP) is 6.68. The maximum atomic E-state index is 12.9. The molecule has 1 aliphatic heterocycles. The van der Waals surface area contributed by atoms with Crippen molar-refractivity contribution >= 4 is 45.9 Å². The number of aromatic nitrogens is 3. The SMILES string of the molecule is CCC(NNC(=S)/N=C1\SCC(=O)N1c1cccc2c1CCCC2)c1ccc(-c2ncn(-c3ccc(OC(F)(F)F)cc3)n2)cc1. The molecule has 0 spiro atoms. The minimum atomic E-state index is -4.75. The number of amidine groups is 1. The quantitative estimate of drug-likeness (QED) is 0.159. The second kappa shape index (κ2) is 13.6. The van der Waals surface area contributed by atoms with E-state index in [0.717, 1.165) is 48.9 Å². The summed E-state index contributed by atoms with van der Waals surface area (Å²) in [6.45, 7) is 2.04. The summed E-state index contributed by atoms with van der Waals surface area (Å²) in [7, 11) is 0. The first-order valence-electron chi connectivity index (χ1n) is 14.8. The van der Waals surface area contributed by atoms with Gasteiger partial charge in [-0.25, -0.2) is 15.1 Å². The van der Waals surface area contributed by atoms with Gasteiger partial charge in [-0.1, -0.05) is 55.1 Å². The zero-order valence-electron chi connectivity index (χ0n) is 24.8. The highest BCUT2D eigenvalue weighted by Crippen LogP contribution is 2.35. The summed E-state index contributed by atoms with van der Waals surface area (Å²) in [4.78, 5) is 23.6. The van der Waals surface area contributed by atoms with E-state index in [4.69, 9.17) is 12.2 Å². The maximum absolute atomic E-state index is 12.9. The molecule has 1 atom stereocenters. The van der Waals surface area contributed by atoms with Gasteiger partial charge >= 0.3 is 6.36 Å². The number of alkyl halides is 3. The molecular formula is C32H30F3N7O2S2. The van der Waals surface area contributed by atoms with Crippen LogP contribution in [0.15, 0.2) is 78.0 Å². The van der Waals surface area contributed by atoms with Gasteiger partial charge in [-0.05, 0) is 91.3 Å². The van der Waals surface area contributed by atoms with E-state index in [9.17, 15) is 18.0 Å². The fourth-order valence-electron chi connectivity index (χ4n) is 5.52. The number of thiocarbonyl (C=S) groups is 1. The standard InChI is InChI=1S/C32H30F3N7O2S2/c1-2-26(38-39-30(45)37-31-42(28(43)18-46-31)27-9-5-7-20-6-3-4-8-25(20)27)21-10-12-22(13-11-21)29-36-19-41(40-29)23-14-16-24(17-15-23)44-32(33,34)35/h5,7,9-17,19,26,38H,2-4,6,8,18H2,1H3,(H,39,45)/b37-31-. The molecule has 4 aromatic rings. The molecule has 1 aliphatic carbocycles. The highest BCUT2D eigenvalue weighted by atomic mass is 32.2. The normalized spacial score (nSPS) is 16.4. The Morgan fingerprint density at radius 3 is 2.59 bits per heavy atom. The van der Waals surface area contributed by atoms with E-state index < -0.39 is 6.36 Å². The molecule has 1 fully saturated rings. The van der Waals surface area contributed by atoms with Crippen molar-refractivity contribution < 1.29 is 22.7 Å². The molecule has 0 radical (unpaired) electrons. The molecule has 238 valence electrons. The van der Waals surface area contributed by atoms with E-state index in [1.807, 2.05) is 43.3 Å². The monoisotopic (exact) mass is 665 g/mol. The molecule has 2 N–H and O–H groups in total. The van der Waals surface area contributed by atoms with E-state index in [-0.39, 0.29) is 22.8 Å². The van der Waals surface area contributed by atoms with Crippen LogP contribution in [0.3, 0.4) is 0 Å². The van der Waals surface area contributed by atoms with E-state index in [1.54, 1.807) is 4.90 Å². The van der Waals surface area contributed by atoms with Crippen LogP contribution in [0.4, 0.5) is 18.9 Å². The number of nitrogens with zero attached hydrogens (tertiary/aromatic N) is 5. The Labute approximate surface area is 273 Å². The third-order valence-electron chi connectivity index (χ3n) is 7.73. The molecule has 1 amide bonds. The number of hydrogen-bond acceptors (Lipinski definition) is 7. The lowest BCUT2D eigenvalue weighted by molar-refractivity contribution is -0.274. The fourth-order valence-corrected chi connectivity index (χ4v) is 6.59. The Balaban J connectivity index is 1.09. The number of thioether (sulfide) groups is 1. The molecule has 0 saturated carbocycles. The molecule has 1 unspecified atom stereocenters. The van der Waals surface area contributed by atoms with Crippen LogP contribution in [-0.4, -0.2) is 43.1 Å². The number of fused-ring (bicyclic) bond motifs is 1. The summed E-state index contributed by atoms with van der Waals surface area (Å²) >= 11 is 6.92. The lowest BCUT2D eigenvalue weighted by Crippen LogP contribution is -2.39. The van der Waals surface area contributed by atoms with Gasteiger partial charge in [-0.3, -0.25) is 15.1 Å². The van der Waals surface area contributed by atoms with Gasteiger partial charge in [0.15, 0.2) is 11.0 Å². The van der Waals surface area contributed by atoms with Crippen LogP contribution in [0.25, 0.3) is 17.1 Å². The van der Waals surface area contributed by atoms with Crippen molar-refractivity contribution in [1.82, 2.24) is 25.6 Å². The Bertz CT molecular complexity index is 1760. The van der Waals surface area contributed by atoms with Crippen LogP contribution in [0.1, 0.15) is 48.9 Å². The summed E-state index contributed by atoms with van der Waals surface area (Å²) in [5, 5.41) is 5.27. The van der Waals surface area contributed by atoms with Crippen molar-refractivity contribution in [3.63, 3.8) is 0 Å². The third kappa shape index (κ3) is 7.24. The fraction of sp³-hybridized carbons (Fsp3) is 0.281. The van der Waals surface area contributed by atoms with Crippen LogP contribution in [0.2, 0.25) is 0 Å². The van der Waals surface area contributed by atoms with Gasteiger partial charge < -0.3 is 4.74 Å². The number of hydrazine groups is 1. The van der Waals surface area contributed by atoms with Crippen LogP contribution in [0, 0.1) is 0 Å². The minimum Gasteiger partial charge on any atom is -0.406 e. The number of aliphatic imine (C=N–C) groups is 1. The zero-order valence-corrected chi connectivity index (χ0v) is 26.4. The lowest BCUT2D eigenvalue weighted by atomic mass is 9.90. The third-order valence-corrected chi connectivity index (χ3v) is 8.85. The number of carbonyl (C=O) groups excluding carboxylic acids is 1. The zero-order chi connectivity index (χ0) is 32.3. The molecule has 3 aromatic carbocycles. The van der Waals surface area contributed by atoms with Crippen molar-refractivity contribution in [3.8, 4) is 22.8 Å². The summed E-state index contributed by atoms with van der Waals surface area (Å²) in [6.07, 6.45) is 1.73. The highest BCUT2D eigenvalue weighted by Gasteiger charge is 2.33. The smallest absolute Gasteiger partial charge is 0.406 e. The van der Waals surface area contributed by atoms with E-state index >= 15 is 0 Å². The number of rotatable bonds is 8. The Morgan fingerprint density at radius 2 is 1.85 bits per heavy atom. The van der Waals surface area contributed by atoms with Gasteiger partial charge in [0.1, 0.15) is 12.1 Å².